The van der Waals surface area contributed by atoms with Crippen molar-refractivity contribution in [1.29, 1.82) is 0 Å². The Bertz CT molecular complexity index is 696. The van der Waals surface area contributed by atoms with Gasteiger partial charge in [-0.3, -0.25) is 0 Å². The summed E-state index contributed by atoms with van der Waals surface area (Å²) in [5, 5.41) is 0.996. The Hall–Kier alpha value is -0.990. The molecule has 0 aliphatic heterocycles. The summed E-state index contributed by atoms with van der Waals surface area (Å²) in [5.74, 6) is 0.732. The second kappa shape index (κ2) is 7.09. The molecule has 0 saturated heterocycles. The van der Waals surface area contributed by atoms with E-state index in [1.54, 1.807) is 11.1 Å². The maximum absolute atomic E-state index is 6.63. The van der Waals surface area contributed by atoms with Crippen molar-refractivity contribution >= 4 is 24.0 Å². The highest BCUT2D eigenvalue weighted by atomic mass is 35.5. The largest absolute Gasteiger partial charge is 0.337 e. The number of hydrogen-bond acceptors (Lipinski definition) is 1. The number of imidazole rings is 1. The van der Waals surface area contributed by atoms with Gasteiger partial charge < -0.3 is 4.57 Å². The lowest BCUT2D eigenvalue weighted by atomic mass is 9.58. The van der Waals surface area contributed by atoms with E-state index in [4.69, 9.17) is 11.6 Å². The van der Waals surface area contributed by atoms with Gasteiger partial charge in [0, 0.05) is 24.0 Å². The standard InChI is InChI=1S/C20H25ClN2.ClH/c1-2-20-8-3-4-16-5-6-18(21)17(19(16)20)12-15(13-20)7-10-23-11-9-22-14-23;/h5-6,9,11,14-15H,2-4,7-8,10,12-13H2,1H3;1H. The smallest absolute Gasteiger partial charge is 0.0945 e. The zero-order chi connectivity index (χ0) is 15.9. The molecule has 1 aromatic heterocycles. The molecule has 2 unspecified atom stereocenters. The predicted octanol–water partition coefficient (Wildman–Crippen LogP) is 5.60. The molecule has 2 atom stereocenters. The molecular weight excluding hydrogens is 339 g/mol. The van der Waals surface area contributed by atoms with Gasteiger partial charge in [0.2, 0.25) is 0 Å². The maximum Gasteiger partial charge on any atom is 0.0945 e. The number of halogens is 2. The molecule has 4 heteroatoms. The van der Waals surface area contributed by atoms with E-state index in [1.165, 1.54) is 44.1 Å². The third-order valence-corrected chi connectivity index (χ3v) is 6.53. The van der Waals surface area contributed by atoms with Gasteiger partial charge in [-0.15, -0.1) is 12.4 Å². The van der Waals surface area contributed by atoms with Gasteiger partial charge in [-0.2, -0.15) is 0 Å². The number of aryl methyl sites for hydroxylation is 2. The number of hydrogen-bond donors (Lipinski definition) is 0. The van der Waals surface area contributed by atoms with E-state index in [-0.39, 0.29) is 12.4 Å². The molecule has 2 aromatic rings. The second-order valence-electron chi connectivity index (χ2n) is 7.41. The molecule has 2 aliphatic rings. The molecule has 0 N–H and O–H groups in total. The fourth-order valence-corrected chi connectivity index (χ4v) is 5.29. The van der Waals surface area contributed by atoms with Gasteiger partial charge in [0.05, 0.1) is 6.33 Å². The first-order valence-electron chi connectivity index (χ1n) is 8.98. The van der Waals surface area contributed by atoms with Crippen molar-refractivity contribution in [3.05, 3.63) is 52.6 Å². The molecule has 0 radical (unpaired) electrons. The van der Waals surface area contributed by atoms with Crippen LogP contribution in [0.1, 0.15) is 55.7 Å². The summed E-state index contributed by atoms with van der Waals surface area (Å²) in [6, 6.07) is 4.43. The summed E-state index contributed by atoms with van der Waals surface area (Å²) >= 11 is 6.63. The normalized spacial score (nSPS) is 25.0. The molecule has 130 valence electrons. The van der Waals surface area contributed by atoms with Gasteiger partial charge in [-0.25, -0.2) is 4.98 Å². The van der Waals surface area contributed by atoms with Gasteiger partial charge >= 0.3 is 0 Å². The van der Waals surface area contributed by atoms with Crippen molar-refractivity contribution in [1.82, 2.24) is 9.55 Å². The Kier molecular flexibility index (Phi) is 5.27. The van der Waals surface area contributed by atoms with Crippen LogP contribution < -0.4 is 0 Å². The van der Waals surface area contributed by atoms with Gasteiger partial charge in [-0.05, 0) is 79.0 Å². The van der Waals surface area contributed by atoms with Crippen molar-refractivity contribution in [2.24, 2.45) is 5.92 Å². The van der Waals surface area contributed by atoms with E-state index in [9.17, 15) is 0 Å². The van der Waals surface area contributed by atoms with E-state index >= 15 is 0 Å². The van der Waals surface area contributed by atoms with Gasteiger partial charge in [0.25, 0.3) is 0 Å². The molecule has 0 bridgehead atoms. The van der Waals surface area contributed by atoms with Gasteiger partial charge in [-0.1, -0.05) is 24.6 Å². The lowest BCUT2D eigenvalue weighted by Crippen LogP contribution is -2.38. The zero-order valence-electron chi connectivity index (χ0n) is 14.3. The fourth-order valence-electron chi connectivity index (χ4n) is 5.05. The Morgan fingerprint density at radius 3 is 3.00 bits per heavy atom. The summed E-state index contributed by atoms with van der Waals surface area (Å²) in [6.07, 6.45) is 14.7. The van der Waals surface area contributed by atoms with Crippen molar-refractivity contribution in [2.45, 2.75) is 63.8 Å². The van der Waals surface area contributed by atoms with Crippen LogP contribution in [-0.4, -0.2) is 9.55 Å². The molecule has 0 spiro atoms. The van der Waals surface area contributed by atoms with Crippen LogP contribution in [0.25, 0.3) is 0 Å². The van der Waals surface area contributed by atoms with E-state index in [0.717, 1.165) is 23.9 Å². The minimum atomic E-state index is 0. The Morgan fingerprint density at radius 1 is 1.38 bits per heavy atom. The first-order chi connectivity index (χ1) is 11.2. The summed E-state index contributed by atoms with van der Waals surface area (Å²) in [4.78, 5) is 4.16. The first-order valence-corrected chi connectivity index (χ1v) is 9.36. The Morgan fingerprint density at radius 2 is 2.25 bits per heavy atom. The van der Waals surface area contributed by atoms with E-state index in [0.29, 0.717) is 5.41 Å². The fraction of sp³-hybridized carbons (Fsp3) is 0.550. The average molecular weight is 365 g/mol. The summed E-state index contributed by atoms with van der Waals surface area (Å²) in [6.45, 7) is 3.44. The van der Waals surface area contributed by atoms with Crippen LogP contribution in [0.5, 0.6) is 0 Å². The van der Waals surface area contributed by atoms with Crippen LogP contribution >= 0.6 is 24.0 Å². The van der Waals surface area contributed by atoms with Crippen LogP contribution in [0, 0.1) is 5.92 Å². The SMILES string of the molecule is CCC12CCCc3ccc(Cl)c(c31)CC(CCn1ccnc1)C2.Cl. The summed E-state index contributed by atoms with van der Waals surface area (Å²) < 4.78 is 2.20. The van der Waals surface area contributed by atoms with E-state index < -0.39 is 0 Å². The number of benzene rings is 1. The lowest BCUT2D eigenvalue weighted by Gasteiger charge is -2.46. The molecule has 0 fully saturated rings. The van der Waals surface area contributed by atoms with E-state index in [1.807, 2.05) is 12.5 Å². The Balaban J connectivity index is 0.00000169. The molecule has 0 amide bonds. The molecule has 1 heterocycles. The van der Waals surface area contributed by atoms with Crippen molar-refractivity contribution in [3.63, 3.8) is 0 Å². The highest BCUT2D eigenvalue weighted by Crippen LogP contribution is 2.52. The topological polar surface area (TPSA) is 17.8 Å². The molecular formula is C20H26Cl2N2. The predicted molar refractivity (Wildman–Crippen MR) is 102 cm³/mol. The van der Waals surface area contributed by atoms with Crippen LogP contribution in [0.15, 0.2) is 30.9 Å². The average Bonchev–Trinajstić information content (AvgIpc) is 3.09. The number of nitrogens with zero attached hydrogens (tertiary/aromatic N) is 2. The maximum atomic E-state index is 6.63. The molecule has 0 saturated carbocycles. The molecule has 4 rings (SSSR count). The quantitative estimate of drug-likeness (QED) is 0.690. The second-order valence-corrected chi connectivity index (χ2v) is 7.82. The van der Waals surface area contributed by atoms with Gasteiger partial charge in [0.15, 0.2) is 0 Å². The molecule has 2 aliphatic carbocycles. The molecule has 24 heavy (non-hydrogen) atoms. The van der Waals surface area contributed by atoms with Crippen molar-refractivity contribution in [3.8, 4) is 0 Å². The summed E-state index contributed by atoms with van der Waals surface area (Å²) in [5.41, 5.74) is 5.06. The van der Waals surface area contributed by atoms with Crippen LogP contribution in [0.3, 0.4) is 0 Å². The number of aromatic nitrogens is 2. The zero-order valence-corrected chi connectivity index (χ0v) is 15.9. The lowest BCUT2D eigenvalue weighted by molar-refractivity contribution is 0.229. The van der Waals surface area contributed by atoms with Gasteiger partial charge in [0.1, 0.15) is 0 Å². The highest BCUT2D eigenvalue weighted by Gasteiger charge is 2.42. The van der Waals surface area contributed by atoms with E-state index in [2.05, 4.69) is 34.8 Å². The molecule has 1 aromatic carbocycles. The monoisotopic (exact) mass is 364 g/mol. The minimum absolute atomic E-state index is 0. The highest BCUT2D eigenvalue weighted by molar-refractivity contribution is 6.31. The first kappa shape index (κ1) is 17.8. The van der Waals surface area contributed by atoms with Crippen LogP contribution in [-0.2, 0) is 24.8 Å². The van der Waals surface area contributed by atoms with Crippen LogP contribution in [0.4, 0.5) is 0 Å². The molecule has 2 nitrogen and oxygen atoms in total. The minimum Gasteiger partial charge on any atom is -0.337 e. The third-order valence-electron chi connectivity index (χ3n) is 6.18. The number of rotatable bonds is 4. The van der Waals surface area contributed by atoms with Crippen molar-refractivity contribution in [2.75, 3.05) is 0 Å². The van der Waals surface area contributed by atoms with Crippen molar-refractivity contribution < 1.29 is 0 Å². The third kappa shape index (κ3) is 2.99. The summed E-state index contributed by atoms with van der Waals surface area (Å²) in [7, 11) is 0. The Labute approximate surface area is 156 Å². The van der Waals surface area contributed by atoms with Crippen LogP contribution in [0.2, 0.25) is 5.02 Å².